The van der Waals surface area contributed by atoms with Gasteiger partial charge in [-0.3, -0.25) is 0 Å². The second-order valence-electron chi connectivity index (χ2n) is 5.32. The minimum absolute atomic E-state index is 0.802. The van der Waals surface area contributed by atoms with E-state index in [2.05, 4.69) is 15.3 Å². The third-order valence-electron chi connectivity index (χ3n) is 3.93. The average Bonchev–Trinajstić information content (AvgIpc) is 2.88. The summed E-state index contributed by atoms with van der Waals surface area (Å²) in [6.07, 6.45) is 4.90. The molecule has 1 atom stereocenters. The SMILES string of the molecule is COc1ccc2nc(CCC3CCCNC3)[nH]c2c1. The second kappa shape index (κ2) is 5.61. The number of nitrogens with one attached hydrogen (secondary N) is 2. The number of rotatable bonds is 4. The van der Waals surface area contributed by atoms with Crippen molar-refractivity contribution in [3.63, 3.8) is 0 Å². The predicted molar refractivity (Wildman–Crippen MR) is 76.6 cm³/mol. The highest BCUT2D eigenvalue weighted by molar-refractivity contribution is 5.76. The van der Waals surface area contributed by atoms with Gasteiger partial charge in [0.2, 0.25) is 0 Å². The molecule has 1 aliphatic heterocycles. The molecule has 1 aromatic heterocycles. The Balaban J connectivity index is 1.67. The number of aromatic amines is 1. The maximum absolute atomic E-state index is 5.23. The molecule has 2 aromatic rings. The van der Waals surface area contributed by atoms with Crippen molar-refractivity contribution in [1.29, 1.82) is 0 Å². The van der Waals surface area contributed by atoms with Gasteiger partial charge in [0, 0.05) is 12.5 Å². The van der Waals surface area contributed by atoms with Gasteiger partial charge >= 0.3 is 0 Å². The molecule has 0 saturated carbocycles. The number of ether oxygens (including phenoxy) is 1. The van der Waals surface area contributed by atoms with E-state index >= 15 is 0 Å². The second-order valence-corrected chi connectivity index (χ2v) is 5.32. The monoisotopic (exact) mass is 259 g/mol. The number of fused-ring (bicyclic) bond motifs is 1. The highest BCUT2D eigenvalue weighted by Gasteiger charge is 2.13. The van der Waals surface area contributed by atoms with Gasteiger partial charge in [-0.1, -0.05) is 0 Å². The summed E-state index contributed by atoms with van der Waals surface area (Å²) in [5.41, 5.74) is 2.09. The fourth-order valence-corrected chi connectivity index (χ4v) is 2.80. The number of methoxy groups -OCH3 is 1. The normalized spacial score (nSPS) is 19.7. The molecule has 1 aromatic carbocycles. The lowest BCUT2D eigenvalue weighted by Crippen LogP contribution is -2.29. The first-order chi connectivity index (χ1) is 9.35. The minimum Gasteiger partial charge on any atom is -0.497 e. The maximum atomic E-state index is 5.23. The first kappa shape index (κ1) is 12.5. The number of imidazole rings is 1. The summed E-state index contributed by atoms with van der Waals surface area (Å²) in [4.78, 5) is 8.04. The van der Waals surface area contributed by atoms with Gasteiger partial charge in [0.15, 0.2) is 0 Å². The van der Waals surface area contributed by atoms with Crippen LogP contribution in [0.1, 0.15) is 25.1 Å². The zero-order chi connectivity index (χ0) is 13.1. The molecule has 1 saturated heterocycles. The third-order valence-corrected chi connectivity index (χ3v) is 3.93. The Morgan fingerprint density at radius 3 is 3.16 bits per heavy atom. The summed E-state index contributed by atoms with van der Waals surface area (Å²) in [5.74, 6) is 2.77. The van der Waals surface area contributed by atoms with Crippen LogP contribution in [0, 0.1) is 5.92 Å². The Morgan fingerprint density at radius 2 is 2.37 bits per heavy atom. The summed E-state index contributed by atoms with van der Waals surface area (Å²) in [7, 11) is 1.69. The molecule has 19 heavy (non-hydrogen) atoms. The highest BCUT2D eigenvalue weighted by Crippen LogP contribution is 2.21. The van der Waals surface area contributed by atoms with Crippen LogP contribution in [0.2, 0.25) is 0 Å². The standard InChI is InChI=1S/C15H21N3O/c1-19-12-5-6-13-14(9-12)18-15(17-13)7-4-11-3-2-8-16-10-11/h5-6,9,11,16H,2-4,7-8,10H2,1H3,(H,17,18). The van der Waals surface area contributed by atoms with Gasteiger partial charge in [-0.05, 0) is 50.4 Å². The number of piperidine rings is 1. The van der Waals surface area contributed by atoms with Crippen LogP contribution in [0.4, 0.5) is 0 Å². The minimum atomic E-state index is 0.802. The molecule has 0 bridgehead atoms. The molecule has 102 valence electrons. The number of hydrogen-bond donors (Lipinski definition) is 2. The number of aryl methyl sites for hydroxylation is 1. The van der Waals surface area contributed by atoms with Crippen LogP contribution in [0.5, 0.6) is 5.75 Å². The van der Waals surface area contributed by atoms with Crippen LogP contribution < -0.4 is 10.1 Å². The molecular formula is C15H21N3O. The van der Waals surface area contributed by atoms with E-state index in [9.17, 15) is 0 Å². The van der Waals surface area contributed by atoms with E-state index < -0.39 is 0 Å². The van der Waals surface area contributed by atoms with Crippen LogP contribution in [0.3, 0.4) is 0 Å². The van der Waals surface area contributed by atoms with Crippen molar-refractivity contribution in [2.45, 2.75) is 25.7 Å². The fraction of sp³-hybridized carbons (Fsp3) is 0.533. The molecule has 0 radical (unpaired) electrons. The molecule has 0 amide bonds. The molecule has 4 nitrogen and oxygen atoms in total. The van der Waals surface area contributed by atoms with E-state index in [1.807, 2.05) is 18.2 Å². The first-order valence-corrected chi connectivity index (χ1v) is 7.08. The van der Waals surface area contributed by atoms with Crippen molar-refractivity contribution in [3.05, 3.63) is 24.0 Å². The number of hydrogen-bond acceptors (Lipinski definition) is 3. The summed E-state index contributed by atoms with van der Waals surface area (Å²) in [5, 5.41) is 3.47. The Labute approximate surface area is 113 Å². The Bertz CT molecular complexity index is 543. The van der Waals surface area contributed by atoms with E-state index in [-0.39, 0.29) is 0 Å². The van der Waals surface area contributed by atoms with Crippen LogP contribution in [-0.4, -0.2) is 30.2 Å². The quantitative estimate of drug-likeness (QED) is 0.887. The van der Waals surface area contributed by atoms with Crippen LogP contribution >= 0.6 is 0 Å². The van der Waals surface area contributed by atoms with Crippen molar-refractivity contribution in [2.75, 3.05) is 20.2 Å². The molecule has 1 unspecified atom stereocenters. The van der Waals surface area contributed by atoms with E-state index in [1.165, 1.54) is 25.8 Å². The lowest BCUT2D eigenvalue weighted by atomic mass is 9.95. The van der Waals surface area contributed by atoms with Crippen molar-refractivity contribution < 1.29 is 4.74 Å². The molecular weight excluding hydrogens is 238 g/mol. The summed E-state index contributed by atoms with van der Waals surface area (Å²) in [6.45, 7) is 2.34. The van der Waals surface area contributed by atoms with E-state index in [4.69, 9.17) is 4.74 Å². The average molecular weight is 259 g/mol. The Kier molecular flexibility index (Phi) is 3.69. The fourth-order valence-electron chi connectivity index (χ4n) is 2.80. The number of nitrogens with zero attached hydrogens (tertiary/aromatic N) is 1. The molecule has 0 spiro atoms. The third kappa shape index (κ3) is 2.89. The smallest absolute Gasteiger partial charge is 0.121 e. The number of H-pyrrole nitrogens is 1. The maximum Gasteiger partial charge on any atom is 0.121 e. The molecule has 2 heterocycles. The Morgan fingerprint density at radius 1 is 1.42 bits per heavy atom. The van der Waals surface area contributed by atoms with Gasteiger partial charge in [0.25, 0.3) is 0 Å². The number of benzene rings is 1. The molecule has 1 aliphatic rings. The van der Waals surface area contributed by atoms with Crippen LogP contribution in [-0.2, 0) is 6.42 Å². The Hall–Kier alpha value is -1.55. The molecule has 1 fully saturated rings. The molecule has 3 rings (SSSR count). The first-order valence-electron chi connectivity index (χ1n) is 7.08. The van der Waals surface area contributed by atoms with Crippen molar-refractivity contribution in [3.8, 4) is 5.75 Å². The topological polar surface area (TPSA) is 49.9 Å². The summed E-state index contributed by atoms with van der Waals surface area (Å²) in [6, 6.07) is 5.97. The molecule has 0 aliphatic carbocycles. The van der Waals surface area contributed by atoms with Gasteiger partial charge in [-0.2, -0.15) is 0 Å². The summed E-state index contributed by atoms with van der Waals surface area (Å²) < 4.78 is 5.23. The molecule has 4 heteroatoms. The van der Waals surface area contributed by atoms with Crippen molar-refractivity contribution >= 4 is 11.0 Å². The van der Waals surface area contributed by atoms with Crippen LogP contribution in [0.15, 0.2) is 18.2 Å². The molecule has 2 N–H and O–H groups in total. The van der Waals surface area contributed by atoms with E-state index in [0.29, 0.717) is 0 Å². The zero-order valence-electron chi connectivity index (χ0n) is 11.4. The largest absolute Gasteiger partial charge is 0.497 e. The van der Waals surface area contributed by atoms with E-state index in [0.717, 1.165) is 41.5 Å². The lowest BCUT2D eigenvalue weighted by molar-refractivity contribution is 0.356. The van der Waals surface area contributed by atoms with Gasteiger partial charge in [-0.25, -0.2) is 4.98 Å². The predicted octanol–water partition coefficient (Wildman–Crippen LogP) is 2.50. The van der Waals surface area contributed by atoms with Gasteiger partial charge in [-0.15, -0.1) is 0 Å². The van der Waals surface area contributed by atoms with E-state index in [1.54, 1.807) is 7.11 Å². The van der Waals surface area contributed by atoms with Gasteiger partial charge in [0.1, 0.15) is 11.6 Å². The highest BCUT2D eigenvalue weighted by atomic mass is 16.5. The van der Waals surface area contributed by atoms with Gasteiger partial charge in [0.05, 0.1) is 18.1 Å². The lowest BCUT2D eigenvalue weighted by Gasteiger charge is -2.22. The van der Waals surface area contributed by atoms with Crippen molar-refractivity contribution in [2.24, 2.45) is 5.92 Å². The van der Waals surface area contributed by atoms with Crippen molar-refractivity contribution in [1.82, 2.24) is 15.3 Å². The zero-order valence-corrected chi connectivity index (χ0v) is 11.4. The van der Waals surface area contributed by atoms with Crippen LogP contribution in [0.25, 0.3) is 11.0 Å². The summed E-state index contributed by atoms with van der Waals surface area (Å²) >= 11 is 0. The number of aromatic nitrogens is 2. The van der Waals surface area contributed by atoms with Gasteiger partial charge < -0.3 is 15.0 Å².